The monoisotopic (exact) mass is 414 g/mol. The van der Waals surface area contributed by atoms with E-state index in [0.29, 0.717) is 35.4 Å². The maximum Gasteiger partial charge on any atom is 0.226 e. The molecule has 8 heteroatoms. The molecule has 0 unspecified atom stereocenters. The molecule has 144 valence electrons. The second-order valence-electron chi connectivity index (χ2n) is 6.28. The average molecular weight is 415 g/mol. The Morgan fingerprint density at radius 2 is 1.93 bits per heavy atom. The molecule has 0 aliphatic carbocycles. The zero-order chi connectivity index (χ0) is 19.5. The Kier molecular flexibility index (Phi) is 5.40. The van der Waals surface area contributed by atoms with E-state index in [0.717, 1.165) is 10.6 Å². The van der Waals surface area contributed by atoms with Crippen LogP contribution in [0.15, 0.2) is 35.7 Å². The van der Waals surface area contributed by atoms with E-state index >= 15 is 0 Å². The Bertz CT molecular complexity index is 1020. The molecule has 0 saturated carbocycles. The number of thiophene rings is 1. The maximum atomic E-state index is 12.4. The molecule has 1 aliphatic rings. The lowest BCUT2D eigenvalue weighted by Gasteiger charge is -2.18. The van der Waals surface area contributed by atoms with Crippen molar-refractivity contribution in [1.29, 1.82) is 0 Å². The number of ketones is 1. The van der Waals surface area contributed by atoms with Crippen LogP contribution < -0.4 is 14.8 Å². The highest BCUT2D eigenvalue weighted by Gasteiger charge is 2.16. The molecule has 1 aliphatic heterocycles. The smallest absolute Gasteiger partial charge is 0.226 e. The molecule has 1 amide bonds. The molecule has 1 aromatic carbocycles. The van der Waals surface area contributed by atoms with Crippen molar-refractivity contribution in [3.63, 3.8) is 0 Å². The topological polar surface area (TPSA) is 77.5 Å². The Balaban J connectivity index is 1.32. The van der Waals surface area contributed by atoms with Crippen molar-refractivity contribution >= 4 is 39.5 Å². The van der Waals surface area contributed by atoms with Crippen LogP contribution >= 0.6 is 22.7 Å². The largest absolute Gasteiger partial charge is 0.486 e. The van der Waals surface area contributed by atoms with E-state index in [4.69, 9.17) is 9.47 Å². The number of benzene rings is 1. The predicted octanol–water partition coefficient (Wildman–Crippen LogP) is 4.55. The Morgan fingerprint density at radius 3 is 2.71 bits per heavy atom. The normalized spacial score (nSPS) is 12.6. The van der Waals surface area contributed by atoms with Crippen LogP contribution in [0.25, 0.3) is 10.6 Å². The number of aryl methyl sites for hydroxylation is 1. The fourth-order valence-electron chi connectivity index (χ4n) is 2.79. The number of rotatable bonds is 6. The molecule has 28 heavy (non-hydrogen) atoms. The van der Waals surface area contributed by atoms with Gasteiger partial charge < -0.3 is 14.8 Å². The fourth-order valence-corrected chi connectivity index (χ4v) is 4.42. The van der Waals surface area contributed by atoms with Crippen LogP contribution in [0.1, 0.15) is 28.1 Å². The van der Waals surface area contributed by atoms with Crippen LogP contribution in [0, 0.1) is 6.92 Å². The van der Waals surface area contributed by atoms with Gasteiger partial charge in [-0.25, -0.2) is 4.98 Å². The third-order valence-electron chi connectivity index (χ3n) is 4.19. The quantitative estimate of drug-likeness (QED) is 0.599. The molecule has 4 rings (SSSR count). The highest BCUT2D eigenvalue weighted by molar-refractivity contribution is 7.17. The van der Waals surface area contributed by atoms with Crippen LogP contribution in [0.2, 0.25) is 0 Å². The van der Waals surface area contributed by atoms with Gasteiger partial charge >= 0.3 is 0 Å². The molecule has 0 fully saturated rings. The lowest BCUT2D eigenvalue weighted by atomic mass is 10.1. The van der Waals surface area contributed by atoms with E-state index in [1.165, 1.54) is 16.2 Å². The van der Waals surface area contributed by atoms with Crippen LogP contribution in [0.5, 0.6) is 11.5 Å². The molecular formula is C20H18N2O4S2. The van der Waals surface area contributed by atoms with E-state index in [-0.39, 0.29) is 24.5 Å². The molecule has 3 heterocycles. The number of ether oxygens (including phenoxy) is 2. The zero-order valence-electron chi connectivity index (χ0n) is 15.2. The van der Waals surface area contributed by atoms with E-state index in [1.54, 1.807) is 29.5 Å². The van der Waals surface area contributed by atoms with Crippen LogP contribution in [-0.4, -0.2) is 29.9 Å². The molecule has 0 radical (unpaired) electrons. The van der Waals surface area contributed by atoms with E-state index in [1.807, 2.05) is 24.4 Å². The number of thiazole rings is 1. The number of aromatic nitrogens is 1. The molecule has 2 aromatic heterocycles. The molecule has 0 saturated heterocycles. The number of nitrogens with zero attached hydrogens (tertiary/aromatic N) is 1. The summed E-state index contributed by atoms with van der Waals surface area (Å²) in [6.07, 6.45) is 0.216. The van der Waals surface area contributed by atoms with Gasteiger partial charge in [-0.3, -0.25) is 9.59 Å². The first-order chi connectivity index (χ1) is 13.6. The Labute approximate surface area is 170 Å². The van der Waals surface area contributed by atoms with Gasteiger partial charge in [0.25, 0.3) is 0 Å². The number of hydrogen-bond donors (Lipinski definition) is 1. The van der Waals surface area contributed by atoms with E-state index < -0.39 is 0 Å². The lowest BCUT2D eigenvalue weighted by molar-refractivity contribution is -0.116. The summed E-state index contributed by atoms with van der Waals surface area (Å²) in [7, 11) is 0. The van der Waals surface area contributed by atoms with Gasteiger partial charge in [0, 0.05) is 28.7 Å². The van der Waals surface area contributed by atoms with Crippen molar-refractivity contribution in [2.75, 3.05) is 18.5 Å². The van der Waals surface area contributed by atoms with Gasteiger partial charge in [0.2, 0.25) is 5.91 Å². The summed E-state index contributed by atoms with van der Waals surface area (Å²) in [6.45, 7) is 3.01. The minimum Gasteiger partial charge on any atom is -0.486 e. The molecule has 0 atom stereocenters. The number of carbonyl (C=O) groups is 2. The van der Waals surface area contributed by atoms with Crippen LogP contribution in [-0.2, 0) is 4.79 Å². The third kappa shape index (κ3) is 4.23. The zero-order valence-corrected chi connectivity index (χ0v) is 16.8. The van der Waals surface area contributed by atoms with Gasteiger partial charge in [-0.2, -0.15) is 0 Å². The highest BCUT2D eigenvalue weighted by Crippen LogP contribution is 2.32. The maximum absolute atomic E-state index is 12.4. The summed E-state index contributed by atoms with van der Waals surface area (Å²) >= 11 is 3.04. The summed E-state index contributed by atoms with van der Waals surface area (Å²) in [4.78, 5) is 31.3. The standard InChI is InChI=1S/C20H18N2O4S2/c1-12-2-6-18(28-12)14-11-27-20(21-14)22-19(24)7-4-15(23)13-3-5-16-17(10-13)26-9-8-25-16/h2-3,5-6,10-11H,4,7-9H2,1H3,(H,21,22,24). The second-order valence-corrected chi connectivity index (χ2v) is 8.42. The van der Waals surface area contributed by atoms with Crippen molar-refractivity contribution in [2.24, 2.45) is 0 Å². The minimum absolute atomic E-state index is 0.0975. The van der Waals surface area contributed by atoms with Crippen LogP contribution in [0.3, 0.4) is 0 Å². The summed E-state index contributed by atoms with van der Waals surface area (Å²) in [5.74, 6) is 0.872. The van der Waals surface area contributed by atoms with Gasteiger partial charge in [0.05, 0.1) is 10.6 Å². The molecule has 1 N–H and O–H groups in total. The molecular weight excluding hydrogens is 396 g/mol. The van der Waals surface area contributed by atoms with Crippen molar-refractivity contribution in [3.8, 4) is 22.1 Å². The number of anilines is 1. The lowest BCUT2D eigenvalue weighted by Crippen LogP contribution is -2.16. The fraction of sp³-hybridized carbons (Fsp3) is 0.250. The van der Waals surface area contributed by atoms with E-state index in [2.05, 4.69) is 10.3 Å². The average Bonchev–Trinajstić information content (AvgIpc) is 3.34. The minimum atomic E-state index is -0.228. The SMILES string of the molecule is Cc1ccc(-c2csc(NC(=O)CCC(=O)c3ccc4c(c3)OCCO4)n2)s1. The van der Waals surface area contributed by atoms with Gasteiger partial charge in [-0.1, -0.05) is 0 Å². The first kappa shape index (κ1) is 18.6. The number of amides is 1. The molecule has 3 aromatic rings. The van der Waals surface area contributed by atoms with Crippen molar-refractivity contribution in [2.45, 2.75) is 19.8 Å². The summed E-state index contributed by atoms with van der Waals surface area (Å²) < 4.78 is 10.9. The highest BCUT2D eigenvalue weighted by atomic mass is 32.1. The number of carbonyl (C=O) groups excluding carboxylic acids is 2. The van der Waals surface area contributed by atoms with Gasteiger partial charge in [-0.05, 0) is 37.3 Å². The van der Waals surface area contributed by atoms with Crippen molar-refractivity contribution in [1.82, 2.24) is 4.98 Å². The molecule has 0 bridgehead atoms. The van der Waals surface area contributed by atoms with Crippen LogP contribution in [0.4, 0.5) is 5.13 Å². The second kappa shape index (κ2) is 8.12. The van der Waals surface area contributed by atoms with Crippen molar-refractivity contribution in [3.05, 3.63) is 46.2 Å². The van der Waals surface area contributed by atoms with E-state index in [9.17, 15) is 9.59 Å². The van der Waals surface area contributed by atoms with Gasteiger partial charge in [-0.15, -0.1) is 22.7 Å². The molecule has 6 nitrogen and oxygen atoms in total. The first-order valence-electron chi connectivity index (χ1n) is 8.83. The molecule has 0 spiro atoms. The van der Waals surface area contributed by atoms with Crippen molar-refractivity contribution < 1.29 is 19.1 Å². The first-order valence-corrected chi connectivity index (χ1v) is 10.5. The Hall–Kier alpha value is -2.71. The summed E-state index contributed by atoms with van der Waals surface area (Å²) in [5, 5.41) is 5.23. The van der Waals surface area contributed by atoms with Gasteiger partial charge in [0.1, 0.15) is 13.2 Å². The van der Waals surface area contributed by atoms with Gasteiger partial charge in [0.15, 0.2) is 22.4 Å². The number of hydrogen-bond acceptors (Lipinski definition) is 7. The summed E-state index contributed by atoms with van der Waals surface area (Å²) in [5.41, 5.74) is 1.37. The number of nitrogens with one attached hydrogen (secondary N) is 1. The number of fused-ring (bicyclic) bond motifs is 1. The predicted molar refractivity (Wildman–Crippen MR) is 110 cm³/mol. The third-order valence-corrected chi connectivity index (χ3v) is 5.97. The Morgan fingerprint density at radius 1 is 1.11 bits per heavy atom. The summed E-state index contributed by atoms with van der Waals surface area (Å²) in [6, 6.07) is 9.16. The number of Topliss-reactive ketones (excluding diaryl/α,β-unsaturated/α-hetero) is 1.